The number of carbonyl (C=O) groups excluding carboxylic acids is 3. The van der Waals surface area contributed by atoms with Crippen molar-refractivity contribution in [3.63, 3.8) is 0 Å². The van der Waals surface area contributed by atoms with E-state index in [4.69, 9.17) is 4.74 Å². The quantitative estimate of drug-likeness (QED) is 0.122. The first kappa shape index (κ1) is 38.1. The van der Waals surface area contributed by atoms with E-state index in [2.05, 4.69) is 31.2 Å². The summed E-state index contributed by atoms with van der Waals surface area (Å²) < 4.78 is 48.7. The number of urea groups is 1. The van der Waals surface area contributed by atoms with Crippen molar-refractivity contribution in [3.05, 3.63) is 101 Å². The van der Waals surface area contributed by atoms with E-state index in [0.717, 1.165) is 54.5 Å². The molecule has 54 heavy (non-hydrogen) atoms. The lowest BCUT2D eigenvalue weighted by Crippen LogP contribution is -2.50. The Kier molecular flexibility index (Phi) is 11.4. The number of hydrogen-bond donors (Lipinski definition) is 4. The number of anilines is 5. The maximum absolute atomic E-state index is 14.1. The van der Waals surface area contributed by atoms with Crippen LogP contribution in [0.4, 0.5) is 46.5 Å². The van der Waals surface area contributed by atoms with Crippen LogP contribution >= 0.6 is 0 Å². The van der Waals surface area contributed by atoms with Gasteiger partial charge in [-0.05, 0) is 99.6 Å². The number of pyridine rings is 1. The molecular formula is C40H44F3N7O4. The Morgan fingerprint density at radius 3 is 2.39 bits per heavy atom. The molecular weight excluding hydrogens is 699 g/mol. The number of amides is 4. The Labute approximate surface area is 312 Å². The van der Waals surface area contributed by atoms with Gasteiger partial charge in [0.05, 0.1) is 34.3 Å². The Hall–Kier alpha value is -5.63. The molecule has 1 aromatic heterocycles. The number of imide groups is 1. The molecule has 284 valence electrons. The van der Waals surface area contributed by atoms with E-state index in [1.807, 2.05) is 57.2 Å². The summed E-state index contributed by atoms with van der Waals surface area (Å²) in [6.45, 7) is 8.50. The number of ether oxygens (including phenoxy) is 1. The minimum atomic E-state index is -4.70. The Morgan fingerprint density at radius 2 is 1.69 bits per heavy atom. The third-order valence-corrected chi connectivity index (χ3v) is 9.63. The van der Waals surface area contributed by atoms with Gasteiger partial charge < -0.3 is 20.7 Å². The van der Waals surface area contributed by atoms with Crippen molar-refractivity contribution in [1.29, 1.82) is 0 Å². The number of piperidine rings is 1. The number of benzene rings is 3. The lowest BCUT2D eigenvalue weighted by molar-refractivity contribution is -0.137. The van der Waals surface area contributed by atoms with Gasteiger partial charge >= 0.3 is 12.2 Å². The smallest absolute Gasteiger partial charge is 0.419 e. The van der Waals surface area contributed by atoms with Gasteiger partial charge in [0.1, 0.15) is 11.6 Å². The zero-order valence-electron chi connectivity index (χ0n) is 30.6. The fourth-order valence-electron chi connectivity index (χ4n) is 7.00. The maximum atomic E-state index is 14.1. The SMILES string of the molecule is CNC(=O)c1ccccc1Nc1cc(Nc2cc(C)c(C3CCN(Cc4ccccc4N4CCC(=O)NC4=O)CC3)cc2OC(C)C)ncc1C(F)(F)F. The van der Waals surface area contributed by atoms with E-state index >= 15 is 0 Å². The zero-order chi connectivity index (χ0) is 38.6. The Morgan fingerprint density at radius 1 is 0.963 bits per heavy atom. The molecule has 0 atom stereocenters. The van der Waals surface area contributed by atoms with Gasteiger partial charge in [0.15, 0.2) is 0 Å². The summed E-state index contributed by atoms with van der Waals surface area (Å²) in [5, 5.41) is 10.9. The van der Waals surface area contributed by atoms with Gasteiger partial charge in [0, 0.05) is 44.5 Å². The number of rotatable bonds is 11. The zero-order valence-corrected chi connectivity index (χ0v) is 30.6. The van der Waals surface area contributed by atoms with Crippen molar-refractivity contribution >= 4 is 46.4 Å². The van der Waals surface area contributed by atoms with Crippen LogP contribution in [0, 0.1) is 6.92 Å². The molecule has 14 heteroatoms. The van der Waals surface area contributed by atoms with Crippen LogP contribution in [0.1, 0.15) is 71.6 Å². The lowest BCUT2D eigenvalue weighted by atomic mass is 9.86. The van der Waals surface area contributed by atoms with Gasteiger partial charge in [-0.2, -0.15) is 13.2 Å². The predicted octanol–water partition coefficient (Wildman–Crippen LogP) is 7.87. The molecule has 2 aliphatic rings. The van der Waals surface area contributed by atoms with Crippen LogP contribution in [-0.4, -0.2) is 60.5 Å². The van der Waals surface area contributed by atoms with Gasteiger partial charge in [-0.3, -0.25) is 24.7 Å². The van der Waals surface area contributed by atoms with E-state index in [-0.39, 0.29) is 47.1 Å². The standard InChI is InChI=1S/C40H44F3N7O4/c1-24(2)54-35-20-29(26-13-16-49(17-14-26)23-27-9-5-8-12-34(27)50-18-15-37(51)48-39(50)53)25(3)19-33(35)47-36-21-32(30(22-45-36)40(41,42)43)46-31-11-7-6-10-28(31)38(52)44-4/h5-12,19-22,24,26H,13-18,23H2,1-4H3,(H,44,52)(H2,45,46,47)(H,48,51,53). The molecule has 0 radical (unpaired) electrons. The highest BCUT2D eigenvalue weighted by Crippen LogP contribution is 2.41. The summed E-state index contributed by atoms with van der Waals surface area (Å²) in [6, 6.07) is 19.0. The number of carbonyl (C=O) groups is 3. The number of aryl methyl sites for hydroxylation is 1. The van der Waals surface area contributed by atoms with Crippen molar-refractivity contribution in [2.24, 2.45) is 0 Å². The van der Waals surface area contributed by atoms with Gasteiger partial charge in [-0.25, -0.2) is 9.78 Å². The lowest BCUT2D eigenvalue weighted by Gasteiger charge is -2.35. The number of aromatic nitrogens is 1. The first-order valence-corrected chi connectivity index (χ1v) is 18.0. The minimum absolute atomic E-state index is 0.158. The van der Waals surface area contributed by atoms with E-state index in [9.17, 15) is 27.6 Å². The molecule has 2 saturated heterocycles. The number of para-hydroxylation sites is 2. The topological polar surface area (TPSA) is 128 Å². The highest BCUT2D eigenvalue weighted by atomic mass is 19.4. The molecule has 4 N–H and O–H groups in total. The first-order chi connectivity index (χ1) is 25.8. The second-order valence-corrected chi connectivity index (χ2v) is 13.8. The summed E-state index contributed by atoms with van der Waals surface area (Å²) >= 11 is 0. The largest absolute Gasteiger partial charge is 0.489 e. The molecule has 0 bridgehead atoms. The molecule has 0 spiro atoms. The molecule has 6 rings (SSSR count). The third-order valence-electron chi connectivity index (χ3n) is 9.63. The second kappa shape index (κ2) is 16.2. The molecule has 11 nitrogen and oxygen atoms in total. The maximum Gasteiger partial charge on any atom is 0.419 e. The molecule has 3 aromatic carbocycles. The fraction of sp³-hybridized carbons (Fsp3) is 0.350. The summed E-state index contributed by atoms with van der Waals surface area (Å²) in [4.78, 5) is 44.9. The average Bonchev–Trinajstić information content (AvgIpc) is 3.13. The van der Waals surface area contributed by atoms with Gasteiger partial charge in [0.25, 0.3) is 5.91 Å². The fourth-order valence-corrected chi connectivity index (χ4v) is 7.00. The van der Waals surface area contributed by atoms with E-state index in [1.54, 1.807) is 17.0 Å². The molecule has 4 amide bonds. The average molecular weight is 744 g/mol. The van der Waals surface area contributed by atoms with E-state index < -0.39 is 23.7 Å². The van der Waals surface area contributed by atoms with Crippen LogP contribution in [-0.2, 0) is 17.5 Å². The van der Waals surface area contributed by atoms with E-state index in [0.29, 0.717) is 24.5 Å². The molecule has 2 fully saturated rings. The molecule has 3 heterocycles. The minimum Gasteiger partial charge on any atom is -0.489 e. The third kappa shape index (κ3) is 8.76. The number of nitrogens with one attached hydrogen (secondary N) is 4. The molecule has 0 saturated carbocycles. The van der Waals surface area contributed by atoms with Gasteiger partial charge in [-0.15, -0.1) is 0 Å². The molecule has 2 aliphatic heterocycles. The Balaban J connectivity index is 1.20. The van der Waals surface area contributed by atoms with Crippen molar-refractivity contribution in [3.8, 4) is 5.75 Å². The highest BCUT2D eigenvalue weighted by Gasteiger charge is 2.35. The number of alkyl halides is 3. The predicted molar refractivity (Wildman–Crippen MR) is 202 cm³/mol. The summed E-state index contributed by atoms with van der Waals surface area (Å²) in [7, 11) is 1.45. The van der Waals surface area contributed by atoms with Crippen LogP contribution in [0.5, 0.6) is 5.75 Å². The number of halogens is 3. The number of likely N-dealkylation sites (tertiary alicyclic amines) is 1. The van der Waals surface area contributed by atoms with Gasteiger partial charge in [0.2, 0.25) is 5.91 Å². The van der Waals surface area contributed by atoms with Crippen LogP contribution in [0.25, 0.3) is 0 Å². The number of nitrogens with zero attached hydrogens (tertiary/aromatic N) is 3. The van der Waals surface area contributed by atoms with Crippen LogP contribution in [0.3, 0.4) is 0 Å². The summed E-state index contributed by atoms with van der Waals surface area (Å²) in [5.41, 5.74) is 3.69. The molecule has 0 aliphatic carbocycles. The normalized spacial score (nSPS) is 15.6. The highest BCUT2D eigenvalue weighted by molar-refractivity contribution is 6.06. The van der Waals surface area contributed by atoms with Crippen molar-refractivity contribution in [2.75, 3.05) is 42.2 Å². The molecule has 4 aromatic rings. The van der Waals surface area contributed by atoms with Crippen LogP contribution < -0.4 is 30.9 Å². The van der Waals surface area contributed by atoms with E-state index in [1.165, 1.54) is 25.2 Å². The summed E-state index contributed by atoms with van der Waals surface area (Å²) in [5.74, 6) is 0.257. The van der Waals surface area contributed by atoms with Crippen LogP contribution in [0.2, 0.25) is 0 Å². The van der Waals surface area contributed by atoms with Crippen molar-refractivity contribution < 1.29 is 32.3 Å². The Bertz CT molecular complexity index is 2030. The van der Waals surface area contributed by atoms with Gasteiger partial charge in [-0.1, -0.05) is 30.3 Å². The van der Waals surface area contributed by atoms with Crippen molar-refractivity contribution in [1.82, 2.24) is 20.5 Å². The second-order valence-electron chi connectivity index (χ2n) is 13.8. The monoisotopic (exact) mass is 743 g/mol. The molecule has 0 unspecified atom stereocenters. The summed E-state index contributed by atoms with van der Waals surface area (Å²) in [6.07, 6.45) is -2.07. The van der Waals surface area contributed by atoms with Crippen LogP contribution in [0.15, 0.2) is 72.9 Å². The first-order valence-electron chi connectivity index (χ1n) is 18.0. The number of hydrogen-bond acceptors (Lipinski definition) is 8. The van der Waals surface area contributed by atoms with Crippen molar-refractivity contribution in [2.45, 2.75) is 64.8 Å².